The molecule has 1 rings (SSSR count). The van der Waals surface area contributed by atoms with Crippen molar-refractivity contribution in [2.45, 2.75) is 13.0 Å². The van der Waals surface area contributed by atoms with E-state index in [4.69, 9.17) is 4.74 Å². The lowest BCUT2D eigenvalue weighted by Gasteiger charge is -2.07. The van der Waals surface area contributed by atoms with Crippen molar-refractivity contribution in [3.05, 3.63) is 0 Å². The van der Waals surface area contributed by atoms with Crippen molar-refractivity contribution < 1.29 is 14.3 Å². The third kappa shape index (κ3) is 2.11. The first-order chi connectivity index (χ1) is 5.59. The minimum Gasteiger partial charge on any atom is -0.442 e. The molecule has 0 aliphatic carbocycles. The van der Waals surface area contributed by atoms with Gasteiger partial charge in [-0.25, -0.2) is 4.79 Å². The van der Waals surface area contributed by atoms with Crippen LogP contribution < -0.4 is 5.32 Å². The Balaban J connectivity index is 2.28. The number of cyclic esters (lactones) is 1. The van der Waals surface area contributed by atoms with Crippen LogP contribution in [0.4, 0.5) is 4.79 Å². The van der Waals surface area contributed by atoms with Crippen LogP contribution in [0.15, 0.2) is 0 Å². The number of hydrogen-bond acceptors (Lipinski definition) is 3. The van der Waals surface area contributed by atoms with Gasteiger partial charge in [-0.05, 0) is 0 Å². The first kappa shape index (κ1) is 8.83. The lowest BCUT2D eigenvalue weighted by Crippen LogP contribution is -2.32. The standard InChI is InChI=1S/C7H12N2O3/c1-5(10)8-3-6-4-9(2)7(11)12-6/h6H,3-4H2,1-2H3,(H,8,10). The van der Waals surface area contributed by atoms with E-state index in [0.29, 0.717) is 13.1 Å². The van der Waals surface area contributed by atoms with Gasteiger partial charge in [0, 0.05) is 14.0 Å². The normalized spacial score (nSPS) is 22.3. The zero-order chi connectivity index (χ0) is 9.14. The van der Waals surface area contributed by atoms with Gasteiger partial charge in [0.05, 0.1) is 13.1 Å². The molecule has 1 saturated heterocycles. The Kier molecular flexibility index (Phi) is 2.52. The van der Waals surface area contributed by atoms with Crippen molar-refractivity contribution in [1.29, 1.82) is 0 Å². The first-order valence-electron chi connectivity index (χ1n) is 3.76. The number of carbonyl (C=O) groups is 2. The van der Waals surface area contributed by atoms with Crippen LogP contribution in [0.3, 0.4) is 0 Å². The monoisotopic (exact) mass is 172 g/mol. The van der Waals surface area contributed by atoms with Crippen LogP contribution in [0, 0.1) is 0 Å². The summed E-state index contributed by atoms with van der Waals surface area (Å²) in [5.74, 6) is -0.111. The van der Waals surface area contributed by atoms with E-state index in [2.05, 4.69) is 5.32 Å². The summed E-state index contributed by atoms with van der Waals surface area (Å²) < 4.78 is 4.90. The van der Waals surface area contributed by atoms with Crippen molar-refractivity contribution in [3.63, 3.8) is 0 Å². The van der Waals surface area contributed by atoms with Gasteiger partial charge in [-0.15, -0.1) is 0 Å². The molecule has 12 heavy (non-hydrogen) atoms. The van der Waals surface area contributed by atoms with Gasteiger partial charge in [0.15, 0.2) is 0 Å². The molecule has 0 bridgehead atoms. The summed E-state index contributed by atoms with van der Waals surface area (Å²) in [5.41, 5.74) is 0. The summed E-state index contributed by atoms with van der Waals surface area (Å²) in [6, 6.07) is 0. The third-order valence-corrected chi connectivity index (χ3v) is 1.64. The van der Waals surface area contributed by atoms with E-state index in [-0.39, 0.29) is 18.1 Å². The highest BCUT2D eigenvalue weighted by atomic mass is 16.6. The molecule has 2 amide bonds. The molecule has 0 aromatic rings. The Morgan fingerprint density at radius 2 is 2.50 bits per heavy atom. The van der Waals surface area contributed by atoms with Crippen LogP contribution >= 0.6 is 0 Å². The van der Waals surface area contributed by atoms with Crippen LogP contribution in [-0.4, -0.2) is 43.1 Å². The SMILES string of the molecule is CC(=O)NCC1CN(C)C(=O)O1. The van der Waals surface area contributed by atoms with Crippen LogP contribution in [0.5, 0.6) is 0 Å². The van der Waals surface area contributed by atoms with Gasteiger partial charge in [0.2, 0.25) is 5.91 Å². The second-order valence-corrected chi connectivity index (χ2v) is 2.82. The minimum absolute atomic E-state index is 0.111. The predicted octanol–water partition coefficient (Wildman–Crippen LogP) is -0.427. The van der Waals surface area contributed by atoms with Gasteiger partial charge in [-0.2, -0.15) is 0 Å². The molecule has 5 heteroatoms. The molecular weight excluding hydrogens is 160 g/mol. The molecule has 0 aromatic carbocycles. The van der Waals surface area contributed by atoms with Crippen LogP contribution in [0.2, 0.25) is 0 Å². The largest absolute Gasteiger partial charge is 0.442 e. The Bertz CT molecular complexity index is 205. The lowest BCUT2D eigenvalue weighted by atomic mass is 10.3. The molecule has 1 heterocycles. The smallest absolute Gasteiger partial charge is 0.410 e. The summed E-state index contributed by atoms with van der Waals surface area (Å²) in [4.78, 5) is 22.8. The Morgan fingerprint density at radius 3 is 2.92 bits per heavy atom. The molecule has 0 aromatic heterocycles. The van der Waals surface area contributed by atoms with E-state index in [9.17, 15) is 9.59 Å². The van der Waals surface area contributed by atoms with Gasteiger partial charge in [-0.3, -0.25) is 4.79 Å². The molecule has 1 N–H and O–H groups in total. The van der Waals surface area contributed by atoms with Crippen LogP contribution in [0.25, 0.3) is 0 Å². The van der Waals surface area contributed by atoms with E-state index in [1.54, 1.807) is 7.05 Å². The second kappa shape index (κ2) is 3.42. The maximum Gasteiger partial charge on any atom is 0.410 e. The first-order valence-corrected chi connectivity index (χ1v) is 3.76. The number of likely N-dealkylation sites (N-methyl/N-ethyl adjacent to an activating group) is 1. The van der Waals surface area contributed by atoms with E-state index in [1.165, 1.54) is 11.8 Å². The van der Waals surface area contributed by atoms with Gasteiger partial charge in [0.25, 0.3) is 0 Å². The van der Waals surface area contributed by atoms with Crippen molar-refractivity contribution in [1.82, 2.24) is 10.2 Å². The summed E-state index contributed by atoms with van der Waals surface area (Å²) in [6.07, 6.45) is -0.531. The summed E-state index contributed by atoms with van der Waals surface area (Å²) >= 11 is 0. The molecule has 0 spiro atoms. The number of nitrogens with one attached hydrogen (secondary N) is 1. The molecule has 1 unspecified atom stereocenters. The van der Waals surface area contributed by atoms with E-state index >= 15 is 0 Å². The maximum atomic E-state index is 10.8. The molecule has 68 valence electrons. The van der Waals surface area contributed by atoms with E-state index in [0.717, 1.165) is 0 Å². The highest BCUT2D eigenvalue weighted by molar-refractivity contribution is 5.73. The summed E-state index contributed by atoms with van der Waals surface area (Å²) in [7, 11) is 1.66. The topological polar surface area (TPSA) is 58.6 Å². The van der Waals surface area contributed by atoms with Gasteiger partial charge in [-0.1, -0.05) is 0 Å². The molecule has 1 aliphatic heterocycles. The number of amides is 2. The predicted molar refractivity (Wildman–Crippen MR) is 41.6 cm³/mol. The van der Waals surface area contributed by atoms with Crippen LogP contribution in [-0.2, 0) is 9.53 Å². The number of carbonyl (C=O) groups excluding carboxylic acids is 2. The summed E-state index contributed by atoms with van der Waals surface area (Å²) in [6.45, 7) is 2.37. The molecule has 1 atom stereocenters. The highest BCUT2D eigenvalue weighted by Crippen LogP contribution is 2.06. The molecule has 5 nitrogen and oxygen atoms in total. The van der Waals surface area contributed by atoms with E-state index < -0.39 is 0 Å². The van der Waals surface area contributed by atoms with Gasteiger partial charge >= 0.3 is 6.09 Å². The number of nitrogens with zero attached hydrogens (tertiary/aromatic N) is 1. The number of ether oxygens (including phenoxy) is 1. The van der Waals surface area contributed by atoms with Crippen molar-refractivity contribution in [2.75, 3.05) is 20.1 Å². The van der Waals surface area contributed by atoms with E-state index in [1.807, 2.05) is 0 Å². The fourth-order valence-corrected chi connectivity index (χ4v) is 1.01. The average molecular weight is 172 g/mol. The molecule has 1 fully saturated rings. The van der Waals surface area contributed by atoms with Crippen LogP contribution in [0.1, 0.15) is 6.92 Å². The fourth-order valence-electron chi connectivity index (χ4n) is 1.01. The minimum atomic E-state index is -0.328. The Labute approximate surface area is 70.7 Å². The average Bonchev–Trinajstić information content (AvgIpc) is 2.28. The summed E-state index contributed by atoms with van der Waals surface area (Å²) in [5, 5.41) is 2.59. The highest BCUT2D eigenvalue weighted by Gasteiger charge is 2.27. The van der Waals surface area contributed by atoms with Gasteiger partial charge < -0.3 is 15.0 Å². The van der Waals surface area contributed by atoms with Gasteiger partial charge in [0.1, 0.15) is 6.10 Å². The zero-order valence-electron chi connectivity index (χ0n) is 7.16. The number of hydrogen-bond donors (Lipinski definition) is 1. The maximum absolute atomic E-state index is 10.8. The third-order valence-electron chi connectivity index (χ3n) is 1.64. The van der Waals surface area contributed by atoms with Crippen molar-refractivity contribution >= 4 is 12.0 Å². The second-order valence-electron chi connectivity index (χ2n) is 2.82. The lowest BCUT2D eigenvalue weighted by molar-refractivity contribution is -0.119. The number of rotatable bonds is 2. The Hall–Kier alpha value is -1.26. The van der Waals surface area contributed by atoms with Crippen molar-refractivity contribution in [3.8, 4) is 0 Å². The molecule has 0 radical (unpaired) electrons. The quantitative estimate of drug-likeness (QED) is 0.615. The van der Waals surface area contributed by atoms with Crippen molar-refractivity contribution in [2.24, 2.45) is 0 Å². The fraction of sp³-hybridized carbons (Fsp3) is 0.714. The zero-order valence-corrected chi connectivity index (χ0v) is 7.16. The molecule has 1 aliphatic rings. The molecule has 0 saturated carbocycles. The Morgan fingerprint density at radius 1 is 1.83 bits per heavy atom. The molecular formula is C7H12N2O3.